The molecule has 0 saturated heterocycles. The van der Waals surface area contributed by atoms with Gasteiger partial charge in [0.25, 0.3) is 0 Å². The first-order chi connectivity index (χ1) is 0. The van der Waals surface area contributed by atoms with Crippen molar-refractivity contribution in [1.82, 2.24) is 0 Å². The van der Waals surface area contributed by atoms with Gasteiger partial charge in [0, 0.05) is 0 Å². The van der Waals surface area contributed by atoms with Crippen molar-refractivity contribution in [1.29, 1.82) is 0 Å². The van der Waals surface area contributed by atoms with Crippen molar-refractivity contribution in [2.24, 2.45) is 0 Å². The van der Waals surface area contributed by atoms with Gasteiger partial charge in [0.1, 0.15) is 0 Å². The summed E-state index contributed by atoms with van der Waals surface area (Å²) >= 11 is 0. The van der Waals surface area contributed by atoms with Crippen LogP contribution in [0.5, 0.6) is 0 Å². The van der Waals surface area contributed by atoms with Crippen LogP contribution < -0.4 is 0 Å². The molecular weight excluding hydrogens is 394 g/mol. The van der Waals surface area contributed by atoms with Crippen LogP contribution in [0, 0.1) is 0 Å². The molecule has 0 aromatic heterocycles. The normalized spacial score (nSPS) is 0. The Labute approximate surface area is 95.2 Å². The van der Waals surface area contributed by atoms with E-state index in [1.807, 2.05) is 0 Å². The van der Waals surface area contributed by atoms with E-state index in [-0.39, 0.29) is 95.9 Å². The third-order valence-electron chi connectivity index (χ3n) is 0. The Bertz CT molecular complexity index is 13.0. The van der Waals surface area contributed by atoms with Crippen LogP contribution in [-0.4, -0.2) is 11.0 Å². The average Bonchev–Trinajstić information content (AvgIpc) is 0. The molecule has 0 aromatic rings. The molecule has 0 radical (unpaired) electrons. The molecule has 0 fully saturated rings. The molecular formula is HfO6SiZr. The largest absolute Gasteiger partial charge is 4.00 e. The molecule has 0 aliphatic heterocycles. The van der Waals surface area contributed by atoms with Gasteiger partial charge in [0.2, 0.25) is 0 Å². The van der Waals surface area contributed by atoms with Gasteiger partial charge < -0.3 is 32.9 Å². The molecule has 0 aliphatic carbocycles. The molecule has 0 atom stereocenters. The van der Waals surface area contributed by atoms with Gasteiger partial charge in [0.15, 0.2) is 0 Å². The average molecular weight is 394 g/mol. The SMILES string of the molecule is [Hf+4].[O-2].[O-2].[O-2].[O-2].[O-2].[O-2].[Si+4].[Zr+4]. The minimum atomic E-state index is 0. The summed E-state index contributed by atoms with van der Waals surface area (Å²) < 4.78 is 0. The predicted molar refractivity (Wildman–Crippen MR) is 9.87 cm³/mol. The maximum atomic E-state index is 0. The van der Waals surface area contributed by atoms with E-state index in [1.54, 1.807) is 0 Å². The summed E-state index contributed by atoms with van der Waals surface area (Å²) in [5.74, 6) is 0. The molecule has 0 spiro atoms. The van der Waals surface area contributed by atoms with E-state index in [0.717, 1.165) is 0 Å². The molecule has 6 nitrogen and oxygen atoms in total. The van der Waals surface area contributed by atoms with Gasteiger partial charge in [-0.25, -0.2) is 0 Å². The van der Waals surface area contributed by atoms with Crippen molar-refractivity contribution in [2.45, 2.75) is 0 Å². The van der Waals surface area contributed by atoms with Crippen LogP contribution in [0.15, 0.2) is 0 Å². The van der Waals surface area contributed by atoms with E-state index in [9.17, 15) is 0 Å². The molecule has 0 saturated carbocycles. The van der Waals surface area contributed by atoms with E-state index in [4.69, 9.17) is 0 Å². The smallest absolute Gasteiger partial charge is 2.00 e. The summed E-state index contributed by atoms with van der Waals surface area (Å²) in [6.07, 6.45) is 0. The van der Waals surface area contributed by atoms with E-state index in [2.05, 4.69) is 0 Å². The summed E-state index contributed by atoms with van der Waals surface area (Å²) in [5.41, 5.74) is 0. The van der Waals surface area contributed by atoms with Gasteiger partial charge in [-0.1, -0.05) is 0 Å². The minimum absolute atomic E-state index is 0. The van der Waals surface area contributed by atoms with Gasteiger partial charge in [0.05, 0.1) is 0 Å². The molecule has 0 heterocycles. The number of rotatable bonds is 0. The van der Waals surface area contributed by atoms with Crippen molar-refractivity contribution in [3.05, 3.63) is 0 Å². The van der Waals surface area contributed by atoms with Gasteiger partial charge in [-0.05, 0) is 0 Å². The fourth-order valence-electron chi connectivity index (χ4n) is 0. The van der Waals surface area contributed by atoms with Gasteiger partial charge >= 0.3 is 63.0 Å². The van der Waals surface area contributed by atoms with E-state index in [0.29, 0.717) is 0 Å². The monoisotopic (exact) mass is 394 g/mol. The zero-order valence-electron chi connectivity index (χ0n) is 3.95. The first-order valence-electron chi connectivity index (χ1n) is 0. The van der Waals surface area contributed by atoms with Gasteiger partial charge in [-0.15, -0.1) is 0 Å². The maximum Gasteiger partial charge on any atom is 4.00 e. The zero-order valence-corrected chi connectivity index (χ0v) is 11.0. The third-order valence-corrected chi connectivity index (χ3v) is 0. The zero-order chi connectivity index (χ0) is 0. The van der Waals surface area contributed by atoms with Crippen molar-refractivity contribution in [3.8, 4) is 0 Å². The molecule has 0 aliphatic rings. The molecule has 0 amide bonds. The Morgan fingerprint density at radius 1 is 0.444 bits per heavy atom. The van der Waals surface area contributed by atoms with Crippen LogP contribution in [0.25, 0.3) is 0 Å². The minimum Gasteiger partial charge on any atom is -2.00 e. The van der Waals surface area contributed by atoms with Crippen molar-refractivity contribution in [2.75, 3.05) is 0 Å². The second-order valence-corrected chi connectivity index (χ2v) is 0. The van der Waals surface area contributed by atoms with Crippen LogP contribution in [-0.2, 0) is 84.9 Å². The molecule has 0 bridgehead atoms. The fraction of sp³-hybridized carbons (Fsp3) is 0. The molecule has 0 rings (SSSR count). The molecule has 0 N–H and O–H groups in total. The van der Waals surface area contributed by atoms with E-state index < -0.39 is 0 Å². The maximum absolute atomic E-state index is 0. The third kappa shape index (κ3) is 194. The first kappa shape index (κ1) is 339. The Balaban J connectivity index is 0. The molecule has 0 aromatic carbocycles. The summed E-state index contributed by atoms with van der Waals surface area (Å²) in [7, 11) is 0. The molecule has 9 heteroatoms. The van der Waals surface area contributed by atoms with E-state index >= 15 is 0 Å². The predicted octanol–water partition coefficient (Wildman–Crippen LogP) is -1.10. The molecule has 0 unspecified atom stereocenters. The van der Waals surface area contributed by atoms with Gasteiger partial charge in [-0.3, -0.25) is 0 Å². The first-order valence-corrected chi connectivity index (χ1v) is 0. The Kier molecular flexibility index (Phi) is 9340. The van der Waals surface area contributed by atoms with Crippen LogP contribution in [0.1, 0.15) is 0 Å². The Hall–Kier alpha value is 1.73. The standard InChI is InChI=1S/Hf.6O.Si.Zr/q+4;6*-2;2*+4. The Morgan fingerprint density at radius 3 is 0.444 bits per heavy atom. The van der Waals surface area contributed by atoms with E-state index in [1.165, 1.54) is 0 Å². The summed E-state index contributed by atoms with van der Waals surface area (Å²) in [4.78, 5) is 0. The van der Waals surface area contributed by atoms with Crippen LogP contribution >= 0.6 is 0 Å². The number of hydrogen-bond donors (Lipinski definition) is 0. The van der Waals surface area contributed by atoms with Crippen LogP contribution in [0.2, 0.25) is 0 Å². The summed E-state index contributed by atoms with van der Waals surface area (Å²) in [5, 5.41) is 0. The second kappa shape index (κ2) is 248. The summed E-state index contributed by atoms with van der Waals surface area (Å²) in [6, 6.07) is 0. The molecule has 48 valence electrons. The molecule has 9 heavy (non-hydrogen) atoms. The fourth-order valence-corrected chi connectivity index (χ4v) is 0. The quantitative estimate of drug-likeness (QED) is 0.455. The van der Waals surface area contributed by atoms with Crippen molar-refractivity contribution < 1.29 is 84.9 Å². The number of hydrogen-bond acceptors (Lipinski definition) is 0. The topological polar surface area (TPSA) is 171 Å². The van der Waals surface area contributed by atoms with Crippen LogP contribution in [0.4, 0.5) is 0 Å². The van der Waals surface area contributed by atoms with Crippen molar-refractivity contribution >= 4 is 11.0 Å². The Morgan fingerprint density at radius 2 is 0.444 bits per heavy atom. The summed E-state index contributed by atoms with van der Waals surface area (Å²) in [6.45, 7) is 0. The van der Waals surface area contributed by atoms with Crippen molar-refractivity contribution in [3.63, 3.8) is 0 Å². The van der Waals surface area contributed by atoms with Gasteiger partial charge in [-0.2, -0.15) is 0 Å². The van der Waals surface area contributed by atoms with Crippen LogP contribution in [0.3, 0.4) is 0 Å². The second-order valence-electron chi connectivity index (χ2n) is 0.